The minimum absolute atomic E-state index is 0.197. The number of allylic oxidation sites excluding steroid dienone is 1. The molecule has 0 amide bonds. The summed E-state index contributed by atoms with van der Waals surface area (Å²) in [5.41, 5.74) is 4.13. The zero-order valence-electron chi connectivity index (χ0n) is 13.3. The van der Waals surface area contributed by atoms with Crippen LogP contribution in [-0.4, -0.2) is 10.2 Å². The van der Waals surface area contributed by atoms with Gasteiger partial charge in [0.15, 0.2) is 0 Å². The number of benzene rings is 3. The quantitative estimate of drug-likeness (QED) is 0.713. The standard InChI is InChI=1S/C22H20O2/c23-21-13-11-19(12-14-21)22(24)16-20(18-9-5-2-6-10-18)15-17-7-3-1-4-8-17/h1-14,16,22-24H,15H2/b20-16-. The highest BCUT2D eigenvalue weighted by Gasteiger charge is 2.09. The number of phenolic OH excluding ortho intramolecular Hbond substituents is 1. The van der Waals surface area contributed by atoms with Gasteiger partial charge in [0, 0.05) is 0 Å². The molecule has 0 spiro atoms. The summed E-state index contributed by atoms with van der Waals surface area (Å²) in [5.74, 6) is 0.197. The first-order valence-electron chi connectivity index (χ1n) is 7.99. The molecule has 1 unspecified atom stereocenters. The van der Waals surface area contributed by atoms with E-state index in [-0.39, 0.29) is 5.75 Å². The van der Waals surface area contributed by atoms with Crippen molar-refractivity contribution in [3.05, 3.63) is 108 Å². The number of aliphatic hydroxyl groups is 1. The van der Waals surface area contributed by atoms with Crippen molar-refractivity contribution in [2.24, 2.45) is 0 Å². The second kappa shape index (κ2) is 7.62. The molecule has 2 heteroatoms. The van der Waals surface area contributed by atoms with Crippen molar-refractivity contribution in [3.63, 3.8) is 0 Å². The van der Waals surface area contributed by atoms with Gasteiger partial charge in [-0.25, -0.2) is 0 Å². The number of hydrogen-bond donors (Lipinski definition) is 2. The first-order valence-corrected chi connectivity index (χ1v) is 7.99. The Morgan fingerprint density at radius 2 is 1.38 bits per heavy atom. The van der Waals surface area contributed by atoms with E-state index in [0.717, 1.165) is 23.1 Å². The van der Waals surface area contributed by atoms with E-state index in [4.69, 9.17) is 0 Å². The summed E-state index contributed by atoms with van der Waals surface area (Å²) in [4.78, 5) is 0. The van der Waals surface area contributed by atoms with Crippen LogP contribution in [0.25, 0.3) is 5.57 Å². The fourth-order valence-corrected chi connectivity index (χ4v) is 2.68. The van der Waals surface area contributed by atoms with Gasteiger partial charge >= 0.3 is 0 Å². The maximum absolute atomic E-state index is 10.6. The van der Waals surface area contributed by atoms with Gasteiger partial charge in [0.05, 0.1) is 6.10 Å². The summed E-state index contributed by atoms with van der Waals surface area (Å²) in [6.07, 6.45) is 1.92. The van der Waals surface area contributed by atoms with Crippen molar-refractivity contribution >= 4 is 5.57 Å². The first kappa shape index (κ1) is 16.0. The minimum Gasteiger partial charge on any atom is -0.508 e. The lowest BCUT2D eigenvalue weighted by Crippen LogP contribution is -1.98. The minimum atomic E-state index is -0.718. The lowest BCUT2D eigenvalue weighted by Gasteiger charge is -2.13. The Labute approximate surface area is 142 Å². The van der Waals surface area contributed by atoms with Crippen LogP contribution in [0, 0.1) is 0 Å². The number of aliphatic hydroxyl groups excluding tert-OH is 1. The molecule has 0 saturated carbocycles. The first-order chi connectivity index (χ1) is 11.7. The molecule has 3 aromatic rings. The molecule has 0 radical (unpaired) electrons. The maximum Gasteiger partial charge on any atom is 0.115 e. The average molecular weight is 316 g/mol. The molecular weight excluding hydrogens is 296 g/mol. The number of hydrogen-bond acceptors (Lipinski definition) is 2. The topological polar surface area (TPSA) is 40.5 Å². The Morgan fingerprint density at radius 1 is 0.792 bits per heavy atom. The molecule has 3 aromatic carbocycles. The van der Waals surface area contributed by atoms with E-state index in [2.05, 4.69) is 24.3 Å². The van der Waals surface area contributed by atoms with Crippen molar-refractivity contribution in [2.75, 3.05) is 0 Å². The Bertz CT molecular complexity index is 790. The third-order valence-corrected chi connectivity index (χ3v) is 3.98. The third-order valence-electron chi connectivity index (χ3n) is 3.98. The van der Waals surface area contributed by atoms with E-state index in [0.29, 0.717) is 0 Å². The Morgan fingerprint density at radius 3 is 2.00 bits per heavy atom. The van der Waals surface area contributed by atoms with Crippen LogP contribution in [0.4, 0.5) is 0 Å². The van der Waals surface area contributed by atoms with E-state index in [9.17, 15) is 10.2 Å². The second-order valence-corrected chi connectivity index (χ2v) is 5.76. The van der Waals surface area contributed by atoms with Gasteiger partial charge in [-0.15, -0.1) is 0 Å². The van der Waals surface area contributed by atoms with Crippen molar-refractivity contribution < 1.29 is 10.2 Å². The van der Waals surface area contributed by atoms with Crippen LogP contribution in [0.1, 0.15) is 22.8 Å². The lowest BCUT2D eigenvalue weighted by atomic mass is 9.95. The average Bonchev–Trinajstić information content (AvgIpc) is 2.63. The van der Waals surface area contributed by atoms with Gasteiger partial charge in [-0.3, -0.25) is 0 Å². The van der Waals surface area contributed by atoms with Crippen molar-refractivity contribution in [3.8, 4) is 5.75 Å². The molecule has 1 atom stereocenters. The van der Waals surface area contributed by atoms with Crippen molar-refractivity contribution in [1.29, 1.82) is 0 Å². The lowest BCUT2D eigenvalue weighted by molar-refractivity contribution is 0.229. The van der Waals surface area contributed by atoms with E-state index in [1.807, 2.05) is 42.5 Å². The number of aromatic hydroxyl groups is 1. The molecule has 0 heterocycles. The van der Waals surface area contributed by atoms with Crippen LogP contribution >= 0.6 is 0 Å². The second-order valence-electron chi connectivity index (χ2n) is 5.76. The summed E-state index contributed by atoms with van der Waals surface area (Å²) in [6.45, 7) is 0. The fourth-order valence-electron chi connectivity index (χ4n) is 2.68. The molecule has 0 saturated heterocycles. The monoisotopic (exact) mass is 316 g/mol. The molecule has 0 aliphatic heterocycles. The normalized spacial score (nSPS) is 12.8. The molecule has 2 N–H and O–H groups in total. The highest BCUT2D eigenvalue weighted by molar-refractivity contribution is 5.68. The van der Waals surface area contributed by atoms with Crippen LogP contribution in [0.15, 0.2) is 91.0 Å². The summed E-state index contributed by atoms with van der Waals surface area (Å²) < 4.78 is 0. The summed E-state index contributed by atoms with van der Waals surface area (Å²) >= 11 is 0. The van der Waals surface area contributed by atoms with E-state index < -0.39 is 6.10 Å². The van der Waals surface area contributed by atoms with Crippen molar-refractivity contribution in [2.45, 2.75) is 12.5 Å². The summed E-state index contributed by atoms with van der Waals surface area (Å²) in [5, 5.41) is 20.0. The molecule has 120 valence electrons. The Hall–Kier alpha value is -2.84. The molecule has 2 nitrogen and oxygen atoms in total. The summed E-state index contributed by atoms with van der Waals surface area (Å²) in [7, 11) is 0. The smallest absolute Gasteiger partial charge is 0.115 e. The zero-order valence-corrected chi connectivity index (χ0v) is 13.3. The van der Waals surface area contributed by atoms with Crippen LogP contribution in [-0.2, 0) is 6.42 Å². The van der Waals surface area contributed by atoms with Crippen LogP contribution < -0.4 is 0 Å². The third kappa shape index (κ3) is 4.12. The molecule has 24 heavy (non-hydrogen) atoms. The number of rotatable bonds is 5. The van der Waals surface area contributed by atoms with E-state index in [1.54, 1.807) is 24.3 Å². The predicted octanol–water partition coefficient (Wildman–Crippen LogP) is 4.75. The zero-order chi connectivity index (χ0) is 16.8. The predicted molar refractivity (Wildman–Crippen MR) is 97.6 cm³/mol. The Kier molecular flexibility index (Phi) is 5.09. The molecule has 0 aromatic heterocycles. The van der Waals surface area contributed by atoms with Crippen LogP contribution in [0.5, 0.6) is 5.75 Å². The highest BCUT2D eigenvalue weighted by atomic mass is 16.3. The van der Waals surface area contributed by atoms with Gasteiger partial charge in [0.1, 0.15) is 5.75 Å². The molecule has 0 bridgehead atoms. The van der Waals surface area contributed by atoms with Gasteiger partial charge in [-0.2, -0.15) is 0 Å². The summed E-state index contributed by atoms with van der Waals surface area (Å²) in [6, 6.07) is 27.0. The highest BCUT2D eigenvalue weighted by Crippen LogP contribution is 2.25. The molecule has 3 rings (SSSR count). The van der Waals surface area contributed by atoms with Gasteiger partial charge in [0.2, 0.25) is 0 Å². The van der Waals surface area contributed by atoms with Gasteiger partial charge in [-0.05, 0) is 46.9 Å². The largest absolute Gasteiger partial charge is 0.508 e. The molecular formula is C22H20O2. The van der Waals surface area contributed by atoms with Gasteiger partial charge in [0.25, 0.3) is 0 Å². The van der Waals surface area contributed by atoms with Gasteiger partial charge < -0.3 is 10.2 Å². The van der Waals surface area contributed by atoms with Crippen LogP contribution in [0.3, 0.4) is 0 Å². The SMILES string of the molecule is Oc1ccc(C(O)/C=C(/Cc2ccccc2)c2ccccc2)cc1. The maximum atomic E-state index is 10.6. The Balaban J connectivity index is 1.92. The van der Waals surface area contributed by atoms with E-state index in [1.165, 1.54) is 5.56 Å². The molecule has 0 fully saturated rings. The fraction of sp³-hybridized carbons (Fsp3) is 0.0909. The van der Waals surface area contributed by atoms with Crippen LogP contribution in [0.2, 0.25) is 0 Å². The van der Waals surface area contributed by atoms with Crippen molar-refractivity contribution in [1.82, 2.24) is 0 Å². The molecule has 0 aliphatic carbocycles. The molecule has 0 aliphatic rings. The number of phenols is 1. The van der Waals surface area contributed by atoms with Gasteiger partial charge in [-0.1, -0.05) is 72.8 Å². The van der Waals surface area contributed by atoms with E-state index >= 15 is 0 Å².